The molecule has 0 amide bonds. The van der Waals surface area contributed by atoms with Crippen LogP contribution in [0.3, 0.4) is 0 Å². The molecule has 0 aliphatic rings. The first kappa shape index (κ1) is 15.2. The molecule has 1 rings (SSSR count). The molecule has 0 heterocycles. The average Bonchev–Trinajstić information content (AvgIpc) is 2.35. The van der Waals surface area contributed by atoms with Gasteiger partial charge in [-0.05, 0) is 17.7 Å². The molecule has 98 valence electrons. The minimum Gasteiger partial charge on any atom is -0.389 e. The molecule has 2 atom stereocenters. The van der Waals surface area contributed by atoms with Crippen molar-refractivity contribution in [2.45, 2.75) is 19.1 Å². The first-order valence-electron chi connectivity index (χ1n) is 5.19. The summed E-state index contributed by atoms with van der Waals surface area (Å²) in [5.74, 6) is 0.0928. The molecule has 1 aromatic carbocycles. The quantitative estimate of drug-likeness (QED) is 0.809. The van der Waals surface area contributed by atoms with E-state index in [1.165, 1.54) is 25.1 Å². The smallest absolute Gasteiger partial charge is 0.185 e. The predicted molar refractivity (Wildman–Crippen MR) is 70.9 cm³/mol. The van der Waals surface area contributed by atoms with Crippen molar-refractivity contribution in [1.29, 1.82) is 0 Å². The van der Waals surface area contributed by atoms with Gasteiger partial charge in [-0.25, -0.2) is 0 Å². The van der Waals surface area contributed by atoms with E-state index < -0.39 is 12.2 Å². The van der Waals surface area contributed by atoms with Crippen LogP contribution in [0.1, 0.15) is 28.9 Å². The van der Waals surface area contributed by atoms with E-state index in [0.29, 0.717) is 11.8 Å². The zero-order valence-corrected chi connectivity index (χ0v) is 11.2. The number of benzene rings is 1. The molecule has 1 aromatic rings. The number of rotatable bonds is 5. The van der Waals surface area contributed by atoms with E-state index >= 15 is 0 Å². The third-order valence-electron chi connectivity index (χ3n) is 2.31. The summed E-state index contributed by atoms with van der Waals surface area (Å²) < 4.78 is 0. The average molecular weight is 289 g/mol. The molecule has 0 saturated carbocycles. The standard InChI is InChI=1S/C12H13ClO4S/c1-7(15)18-6-11(16)12(17)8-2-3-10(13)9(4-8)5-14/h2-5,11-12,16-17H,6H2,1H3. The molecule has 0 fully saturated rings. The lowest BCUT2D eigenvalue weighted by Gasteiger charge is -2.17. The van der Waals surface area contributed by atoms with Gasteiger partial charge in [-0.3, -0.25) is 9.59 Å². The van der Waals surface area contributed by atoms with Gasteiger partial charge in [0.1, 0.15) is 6.10 Å². The fourth-order valence-electron chi connectivity index (χ4n) is 1.35. The van der Waals surface area contributed by atoms with Crippen LogP contribution in [-0.2, 0) is 4.79 Å². The summed E-state index contributed by atoms with van der Waals surface area (Å²) in [6.45, 7) is 1.39. The fourth-order valence-corrected chi connectivity index (χ4v) is 2.10. The third-order valence-corrected chi connectivity index (χ3v) is 3.57. The van der Waals surface area contributed by atoms with Gasteiger partial charge < -0.3 is 10.2 Å². The predicted octanol–water partition coefficient (Wildman–Crippen LogP) is 1.83. The first-order chi connectivity index (χ1) is 8.45. The molecule has 0 aliphatic carbocycles. The fraction of sp³-hybridized carbons (Fsp3) is 0.333. The van der Waals surface area contributed by atoms with Gasteiger partial charge in [0.15, 0.2) is 11.4 Å². The molecular weight excluding hydrogens is 276 g/mol. The molecule has 6 heteroatoms. The van der Waals surface area contributed by atoms with Crippen LogP contribution >= 0.6 is 23.4 Å². The Bertz CT molecular complexity index is 450. The highest BCUT2D eigenvalue weighted by Gasteiger charge is 2.19. The topological polar surface area (TPSA) is 74.6 Å². The summed E-state index contributed by atoms with van der Waals surface area (Å²) in [7, 11) is 0. The number of halogens is 1. The maximum Gasteiger partial charge on any atom is 0.185 e. The van der Waals surface area contributed by atoms with E-state index in [4.69, 9.17) is 11.6 Å². The Kier molecular flexibility index (Phi) is 5.81. The van der Waals surface area contributed by atoms with Gasteiger partial charge in [0.2, 0.25) is 0 Å². The summed E-state index contributed by atoms with van der Waals surface area (Å²) in [6, 6.07) is 4.43. The molecule has 0 radical (unpaired) electrons. The molecule has 0 spiro atoms. The molecule has 2 unspecified atom stereocenters. The van der Waals surface area contributed by atoms with Crippen molar-refractivity contribution in [3.63, 3.8) is 0 Å². The highest BCUT2D eigenvalue weighted by molar-refractivity contribution is 8.13. The maximum atomic E-state index is 10.8. The van der Waals surface area contributed by atoms with E-state index in [9.17, 15) is 19.8 Å². The van der Waals surface area contributed by atoms with Crippen LogP contribution in [0.4, 0.5) is 0 Å². The lowest BCUT2D eigenvalue weighted by Crippen LogP contribution is -2.21. The van der Waals surface area contributed by atoms with Gasteiger partial charge >= 0.3 is 0 Å². The number of carbonyl (C=O) groups is 2. The molecule has 0 aromatic heterocycles. The van der Waals surface area contributed by atoms with Gasteiger partial charge in [0.05, 0.1) is 11.1 Å². The van der Waals surface area contributed by atoms with Gasteiger partial charge in [0.25, 0.3) is 0 Å². The molecule has 2 N–H and O–H groups in total. The summed E-state index contributed by atoms with van der Waals surface area (Å²) in [6.07, 6.45) is -1.66. The molecule has 4 nitrogen and oxygen atoms in total. The Labute approximate surface area is 114 Å². The minimum absolute atomic E-state index is 0.0928. The van der Waals surface area contributed by atoms with E-state index in [1.807, 2.05) is 0 Å². The minimum atomic E-state index is -1.16. The second-order valence-electron chi connectivity index (χ2n) is 3.71. The SMILES string of the molecule is CC(=O)SCC(O)C(O)c1ccc(Cl)c(C=O)c1. The lowest BCUT2D eigenvalue weighted by molar-refractivity contribution is -0.109. The van der Waals surface area contributed by atoms with Crippen LogP contribution in [0.15, 0.2) is 18.2 Å². The van der Waals surface area contributed by atoms with E-state index in [-0.39, 0.29) is 21.5 Å². The first-order valence-corrected chi connectivity index (χ1v) is 6.56. The van der Waals surface area contributed by atoms with E-state index in [0.717, 1.165) is 11.8 Å². The van der Waals surface area contributed by atoms with E-state index in [1.54, 1.807) is 0 Å². The number of hydrogen-bond acceptors (Lipinski definition) is 5. The normalized spacial score (nSPS) is 14.0. The van der Waals surface area contributed by atoms with Crippen LogP contribution in [-0.4, -0.2) is 33.5 Å². The number of aliphatic hydroxyl groups excluding tert-OH is 2. The van der Waals surface area contributed by atoms with Crippen molar-refractivity contribution in [3.8, 4) is 0 Å². The molecule has 0 bridgehead atoms. The highest BCUT2D eigenvalue weighted by Crippen LogP contribution is 2.24. The van der Waals surface area contributed by atoms with Crippen molar-refractivity contribution in [3.05, 3.63) is 34.3 Å². The Morgan fingerprint density at radius 3 is 2.72 bits per heavy atom. The maximum absolute atomic E-state index is 10.8. The van der Waals surface area contributed by atoms with Gasteiger partial charge in [0, 0.05) is 18.2 Å². The zero-order valence-electron chi connectivity index (χ0n) is 9.67. The third kappa shape index (κ3) is 4.10. The molecule has 0 saturated heterocycles. The van der Waals surface area contributed by atoms with Crippen LogP contribution in [0.5, 0.6) is 0 Å². The van der Waals surface area contributed by atoms with Crippen LogP contribution in [0, 0.1) is 0 Å². The lowest BCUT2D eigenvalue weighted by atomic mass is 10.0. The number of thioether (sulfide) groups is 1. The number of aldehydes is 1. The van der Waals surface area contributed by atoms with Crippen molar-refractivity contribution in [2.75, 3.05) is 5.75 Å². The summed E-state index contributed by atoms with van der Waals surface area (Å²) in [5, 5.41) is 19.7. The van der Waals surface area contributed by atoms with Crippen LogP contribution in [0.2, 0.25) is 5.02 Å². The summed E-state index contributed by atoms with van der Waals surface area (Å²) in [4.78, 5) is 21.5. The monoisotopic (exact) mass is 288 g/mol. The Morgan fingerprint density at radius 2 is 2.17 bits per heavy atom. The van der Waals surface area contributed by atoms with Crippen LogP contribution < -0.4 is 0 Å². The van der Waals surface area contributed by atoms with E-state index in [2.05, 4.69) is 0 Å². The number of hydrogen-bond donors (Lipinski definition) is 2. The Balaban J connectivity index is 2.79. The largest absolute Gasteiger partial charge is 0.389 e. The number of aliphatic hydroxyl groups is 2. The van der Waals surface area contributed by atoms with Crippen molar-refractivity contribution in [2.24, 2.45) is 0 Å². The second-order valence-corrected chi connectivity index (χ2v) is 5.32. The molecule has 18 heavy (non-hydrogen) atoms. The van der Waals surface area contributed by atoms with Gasteiger partial charge in [-0.1, -0.05) is 29.4 Å². The summed E-state index contributed by atoms with van der Waals surface area (Å²) >= 11 is 6.69. The van der Waals surface area contributed by atoms with Gasteiger partial charge in [-0.15, -0.1) is 0 Å². The van der Waals surface area contributed by atoms with Crippen molar-refractivity contribution < 1.29 is 19.8 Å². The van der Waals surface area contributed by atoms with Crippen molar-refractivity contribution in [1.82, 2.24) is 0 Å². The second kappa shape index (κ2) is 6.89. The Morgan fingerprint density at radius 1 is 1.50 bits per heavy atom. The molecule has 0 aliphatic heterocycles. The van der Waals surface area contributed by atoms with Crippen molar-refractivity contribution >= 4 is 34.8 Å². The van der Waals surface area contributed by atoms with Crippen LogP contribution in [0.25, 0.3) is 0 Å². The highest BCUT2D eigenvalue weighted by atomic mass is 35.5. The summed E-state index contributed by atoms with van der Waals surface area (Å²) in [5.41, 5.74) is 0.637. The number of carbonyl (C=O) groups excluding carboxylic acids is 2. The van der Waals surface area contributed by atoms with Gasteiger partial charge in [-0.2, -0.15) is 0 Å². The molecular formula is C12H13ClO4S. The zero-order chi connectivity index (χ0) is 13.7. The Hall–Kier alpha value is -0.880.